The fraction of sp³-hybridized carbons (Fsp3) is 0.125. The highest BCUT2D eigenvalue weighted by Crippen LogP contribution is 2.31. The normalized spacial score (nSPS) is 15.4. The second-order valence-corrected chi connectivity index (χ2v) is 7.33. The Kier molecular flexibility index (Phi) is 5.62. The number of carbonyl (C=O) groups is 3. The summed E-state index contributed by atoms with van der Waals surface area (Å²) < 4.78 is 0. The third kappa shape index (κ3) is 4.38. The monoisotopic (exact) mass is 404 g/mol. The Balaban J connectivity index is 1.57. The summed E-state index contributed by atoms with van der Waals surface area (Å²) in [5, 5.41) is 12.6. The van der Waals surface area contributed by atoms with Gasteiger partial charge < -0.3 is 5.32 Å². The minimum atomic E-state index is -0.573. The average Bonchev–Trinajstić information content (AvgIpc) is 3.24. The molecule has 1 fully saturated rings. The Bertz CT molecular complexity index is 941. The van der Waals surface area contributed by atoms with Gasteiger partial charge in [-0.05, 0) is 35.5 Å². The fourth-order valence-electron chi connectivity index (χ4n) is 2.22. The van der Waals surface area contributed by atoms with Crippen LogP contribution in [0.15, 0.2) is 41.6 Å². The zero-order valence-corrected chi connectivity index (χ0v) is 15.3. The van der Waals surface area contributed by atoms with Crippen LogP contribution in [0.3, 0.4) is 0 Å². The number of thiophene rings is 1. The number of pyridine rings is 1. The van der Waals surface area contributed by atoms with Gasteiger partial charge in [0.25, 0.3) is 17.1 Å². The van der Waals surface area contributed by atoms with Crippen LogP contribution in [0.4, 0.5) is 9.80 Å². The fourth-order valence-corrected chi connectivity index (χ4v) is 3.82. The molecule has 0 saturated carbocycles. The molecule has 3 amide bonds. The smallest absolute Gasteiger partial charge is 0.324 e. The lowest BCUT2D eigenvalue weighted by molar-refractivity contribution is -0.380. The van der Waals surface area contributed by atoms with Crippen LogP contribution >= 0.6 is 23.1 Å². The summed E-state index contributed by atoms with van der Waals surface area (Å²) in [5.41, 5.74) is 0.704. The molecule has 11 heteroatoms. The molecule has 27 heavy (non-hydrogen) atoms. The highest BCUT2D eigenvalue weighted by molar-refractivity contribution is 8.18. The van der Waals surface area contributed by atoms with Gasteiger partial charge >= 0.3 is 5.00 Å². The van der Waals surface area contributed by atoms with Gasteiger partial charge in [0.1, 0.15) is 0 Å². The van der Waals surface area contributed by atoms with E-state index in [0.717, 1.165) is 28.0 Å². The van der Waals surface area contributed by atoms with E-state index in [-0.39, 0.29) is 27.9 Å². The average molecular weight is 404 g/mol. The number of hydrogen-bond acceptors (Lipinski definition) is 8. The van der Waals surface area contributed by atoms with Crippen LogP contribution in [0.25, 0.3) is 6.08 Å². The van der Waals surface area contributed by atoms with Crippen molar-refractivity contribution in [2.24, 2.45) is 0 Å². The van der Waals surface area contributed by atoms with Crippen molar-refractivity contribution in [3.63, 3.8) is 0 Å². The Morgan fingerprint density at radius 1 is 1.33 bits per heavy atom. The lowest BCUT2D eigenvalue weighted by atomic mass is 10.2. The van der Waals surface area contributed by atoms with Crippen LogP contribution in [0, 0.1) is 10.1 Å². The molecule has 0 radical (unpaired) electrons. The molecule has 3 heterocycles. The van der Waals surface area contributed by atoms with Crippen LogP contribution in [-0.2, 0) is 4.79 Å². The number of amides is 3. The van der Waals surface area contributed by atoms with E-state index in [0.29, 0.717) is 5.56 Å². The lowest BCUT2D eigenvalue weighted by Crippen LogP contribution is -2.37. The van der Waals surface area contributed by atoms with Crippen LogP contribution in [0.2, 0.25) is 0 Å². The maximum atomic E-state index is 12.4. The number of nitrogens with zero attached hydrogens (tertiary/aromatic N) is 3. The molecule has 0 atom stereocenters. The summed E-state index contributed by atoms with van der Waals surface area (Å²) in [7, 11) is 0. The molecule has 9 nitrogen and oxygen atoms in total. The largest absolute Gasteiger partial charge is 0.350 e. The first-order valence-corrected chi connectivity index (χ1v) is 9.27. The Labute approximate surface area is 161 Å². The summed E-state index contributed by atoms with van der Waals surface area (Å²) in [6, 6.07) is 6.09. The van der Waals surface area contributed by atoms with Gasteiger partial charge in [-0.2, -0.15) is 0 Å². The molecule has 3 rings (SSSR count). The van der Waals surface area contributed by atoms with Gasteiger partial charge in [-0.1, -0.05) is 17.4 Å². The summed E-state index contributed by atoms with van der Waals surface area (Å²) in [6.07, 6.45) is 4.77. The van der Waals surface area contributed by atoms with E-state index in [9.17, 15) is 24.5 Å². The number of imide groups is 1. The van der Waals surface area contributed by atoms with Crippen molar-refractivity contribution < 1.29 is 19.3 Å². The second kappa shape index (κ2) is 8.10. The zero-order valence-electron chi connectivity index (χ0n) is 13.7. The van der Waals surface area contributed by atoms with Crippen molar-refractivity contribution in [1.82, 2.24) is 15.2 Å². The number of nitrogens with one attached hydrogen (secondary N) is 1. The predicted octanol–water partition coefficient (Wildman–Crippen LogP) is 2.52. The highest BCUT2D eigenvalue weighted by atomic mass is 32.2. The molecule has 0 unspecified atom stereocenters. The van der Waals surface area contributed by atoms with Crippen molar-refractivity contribution in [2.75, 3.05) is 13.1 Å². The van der Waals surface area contributed by atoms with E-state index in [2.05, 4.69) is 10.3 Å². The molecule has 0 spiro atoms. The Morgan fingerprint density at radius 2 is 2.15 bits per heavy atom. The van der Waals surface area contributed by atoms with Crippen molar-refractivity contribution in [2.45, 2.75) is 0 Å². The standard InChI is InChI=1S/C16H12N4O5S2/c21-14(11-3-4-13(26-11)20(24)25)18-6-7-19-15(22)12(27-16(19)23)8-10-2-1-5-17-9-10/h1-5,8-9H,6-7H2,(H,18,21)/b12-8+. The Morgan fingerprint density at radius 3 is 2.81 bits per heavy atom. The van der Waals surface area contributed by atoms with E-state index >= 15 is 0 Å². The number of nitro groups is 1. The number of aromatic nitrogens is 1. The van der Waals surface area contributed by atoms with Crippen molar-refractivity contribution in [3.05, 3.63) is 62.1 Å². The van der Waals surface area contributed by atoms with Crippen LogP contribution in [-0.4, -0.2) is 45.0 Å². The van der Waals surface area contributed by atoms with Crippen LogP contribution in [0.1, 0.15) is 15.2 Å². The predicted molar refractivity (Wildman–Crippen MR) is 100 cm³/mol. The molecular formula is C16H12N4O5S2. The molecular weight excluding hydrogens is 392 g/mol. The van der Waals surface area contributed by atoms with Gasteiger partial charge in [-0.3, -0.25) is 34.4 Å². The van der Waals surface area contributed by atoms with E-state index in [1.54, 1.807) is 30.6 Å². The van der Waals surface area contributed by atoms with E-state index in [1.165, 1.54) is 12.1 Å². The first-order chi connectivity index (χ1) is 13.0. The summed E-state index contributed by atoms with van der Waals surface area (Å²) in [4.78, 5) is 51.9. The van der Waals surface area contributed by atoms with Crippen LogP contribution < -0.4 is 5.32 Å². The molecule has 2 aromatic rings. The molecule has 138 valence electrons. The Hall–Kier alpha value is -3.05. The maximum Gasteiger partial charge on any atom is 0.324 e. The third-order valence-corrected chi connectivity index (χ3v) is 5.42. The molecule has 0 bridgehead atoms. The number of thioether (sulfide) groups is 1. The van der Waals surface area contributed by atoms with Gasteiger partial charge in [0.15, 0.2) is 0 Å². The second-order valence-electron chi connectivity index (χ2n) is 5.27. The van der Waals surface area contributed by atoms with Gasteiger partial charge in [0.05, 0.1) is 14.7 Å². The van der Waals surface area contributed by atoms with E-state index in [1.807, 2.05) is 0 Å². The van der Waals surface area contributed by atoms with E-state index in [4.69, 9.17) is 0 Å². The molecule has 2 aromatic heterocycles. The van der Waals surface area contributed by atoms with E-state index < -0.39 is 22.0 Å². The summed E-state index contributed by atoms with van der Waals surface area (Å²) >= 11 is 1.58. The topological polar surface area (TPSA) is 123 Å². The maximum absolute atomic E-state index is 12.4. The molecule has 1 aliphatic heterocycles. The van der Waals surface area contributed by atoms with Gasteiger partial charge in [-0.15, -0.1) is 0 Å². The molecule has 0 aliphatic carbocycles. The molecule has 1 N–H and O–H groups in total. The van der Waals surface area contributed by atoms with Crippen molar-refractivity contribution in [3.8, 4) is 0 Å². The van der Waals surface area contributed by atoms with Crippen LogP contribution in [0.5, 0.6) is 0 Å². The first-order valence-electron chi connectivity index (χ1n) is 7.63. The number of rotatable bonds is 6. The third-order valence-electron chi connectivity index (χ3n) is 3.47. The summed E-state index contributed by atoms with van der Waals surface area (Å²) in [6.45, 7) is 0.0526. The number of carbonyl (C=O) groups excluding carboxylic acids is 3. The minimum Gasteiger partial charge on any atom is -0.350 e. The van der Waals surface area contributed by atoms with Crippen molar-refractivity contribution >= 4 is 51.2 Å². The van der Waals surface area contributed by atoms with Gasteiger partial charge in [0, 0.05) is 31.5 Å². The first kappa shape index (κ1) is 18.7. The summed E-state index contributed by atoms with van der Waals surface area (Å²) in [5.74, 6) is -0.930. The zero-order chi connectivity index (χ0) is 19.4. The molecule has 1 saturated heterocycles. The van der Waals surface area contributed by atoms with Gasteiger partial charge in [0.2, 0.25) is 0 Å². The quantitative estimate of drug-likeness (QED) is 0.446. The number of hydrogen-bond donors (Lipinski definition) is 1. The van der Waals surface area contributed by atoms with Gasteiger partial charge in [-0.25, -0.2) is 0 Å². The van der Waals surface area contributed by atoms with Crippen molar-refractivity contribution in [1.29, 1.82) is 0 Å². The SMILES string of the molecule is O=C(NCCN1C(=O)S/C(=C/c2cccnc2)C1=O)c1ccc([N+](=O)[O-])s1. The molecule has 1 aliphatic rings. The molecule has 0 aromatic carbocycles. The minimum absolute atomic E-state index is 0.00819. The lowest BCUT2D eigenvalue weighted by Gasteiger charge is -2.12. The highest BCUT2D eigenvalue weighted by Gasteiger charge is 2.34.